The van der Waals surface area contributed by atoms with Crippen LogP contribution in [-0.2, 0) is 21.1 Å². The van der Waals surface area contributed by atoms with Gasteiger partial charge in [0.2, 0.25) is 0 Å². The van der Waals surface area contributed by atoms with Gasteiger partial charge in [0.1, 0.15) is 0 Å². The zero-order valence-corrected chi connectivity index (χ0v) is 3.44. The number of nitrogens with zero attached hydrogens (tertiary/aromatic N) is 1. The minimum atomic E-state index is 0. The second kappa shape index (κ2) is 10.8. The molecule has 0 bridgehead atoms. The standard InChI is InChI=1S/CN.Ag.H3N/c1-2;;/h;;1H3. The minimum absolute atomic E-state index is 0. The zero-order chi connectivity index (χ0) is 2.71. The monoisotopic (exact) mass is 150 g/mol. The predicted octanol–water partition coefficient (Wildman–Crippen LogP) is 0.176. The Labute approximate surface area is 37.3 Å². The summed E-state index contributed by atoms with van der Waals surface area (Å²) in [5.41, 5.74) is 0. The average Bonchev–Trinajstić information content (AvgIpc) is 0.918. The van der Waals surface area contributed by atoms with Gasteiger partial charge in [-0.15, -0.1) is 0 Å². The maximum absolute atomic E-state index is 7.24. The summed E-state index contributed by atoms with van der Waals surface area (Å²) >= 11 is 2.46. The Morgan fingerprint density at radius 3 is 1.75 bits per heavy atom. The van der Waals surface area contributed by atoms with Crippen molar-refractivity contribution in [1.29, 1.82) is 5.26 Å². The van der Waals surface area contributed by atoms with Crippen molar-refractivity contribution in [1.82, 2.24) is 6.15 Å². The van der Waals surface area contributed by atoms with Crippen LogP contribution in [0, 0.1) is 9.55 Å². The van der Waals surface area contributed by atoms with Crippen LogP contribution in [-0.4, -0.2) is 0 Å². The normalized spacial score (nSPS) is 2.25. The first kappa shape index (κ1) is 8.89. The molecule has 0 radical (unpaired) electrons. The molecule has 0 unspecified atom stereocenters. The van der Waals surface area contributed by atoms with Crippen molar-refractivity contribution in [2.75, 3.05) is 0 Å². The zero-order valence-electron chi connectivity index (χ0n) is 1.96. The second-order valence-electron chi connectivity index (χ2n) is 0.0674. The van der Waals surface area contributed by atoms with E-state index in [0.29, 0.717) is 0 Å². The molecule has 0 spiro atoms. The fourth-order valence-electron chi connectivity index (χ4n) is 0. The van der Waals surface area contributed by atoms with Crippen LogP contribution < -0.4 is 6.15 Å². The van der Waals surface area contributed by atoms with Crippen LogP contribution in [0.4, 0.5) is 0 Å². The molecule has 0 atom stereocenters. The molecule has 0 saturated carbocycles. The molecular formula is CH3AgN2. The molecule has 0 rings (SSSR count). The first-order valence-corrected chi connectivity index (χ1v) is 1.12. The van der Waals surface area contributed by atoms with E-state index in [0.717, 1.165) is 0 Å². The molecule has 0 fully saturated rings. The Bertz CT molecular complexity index is 27.5. The fraction of sp³-hybridized carbons (Fsp3) is 0. The molecule has 2 nitrogen and oxygen atoms in total. The van der Waals surface area contributed by atoms with Gasteiger partial charge in [0.15, 0.2) is 0 Å². The van der Waals surface area contributed by atoms with Crippen molar-refractivity contribution < 1.29 is 21.1 Å². The van der Waals surface area contributed by atoms with Crippen LogP contribution in [0.25, 0.3) is 0 Å². The molecule has 3 N–H and O–H groups in total. The van der Waals surface area contributed by atoms with E-state index in [2.05, 4.69) is 21.1 Å². The van der Waals surface area contributed by atoms with Gasteiger partial charge in [-0.3, -0.25) is 0 Å². The topological polar surface area (TPSA) is 58.8 Å². The summed E-state index contributed by atoms with van der Waals surface area (Å²) < 4.78 is 1.56. The van der Waals surface area contributed by atoms with Crippen LogP contribution >= 0.6 is 0 Å². The maximum atomic E-state index is 7.24. The fourth-order valence-corrected chi connectivity index (χ4v) is 0. The first-order valence-electron chi connectivity index (χ1n) is 0.374. The number of hydrogen-bond acceptors (Lipinski definition) is 2. The molecule has 4 heavy (non-hydrogen) atoms. The number of rotatable bonds is 0. The van der Waals surface area contributed by atoms with E-state index >= 15 is 0 Å². The summed E-state index contributed by atoms with van der Waals surface area (Å²) in [5.74, 6) is 0. The molecule has 0 aliphatic carbocycles. The van der Waals surface area contributed by atoms with E-state index in [-0.39, 0.29) is 6.15 Å². The summed E-state index contributed by atoms with van der Waals surface area (Å²) in [6, 6.07) is 0. The Kier molecular flexibility index (Phi) is 24.0. The third-order valence-electron chi connectivity index (χ3n) is 0. The van der Waals surface area contributed by atoms with E-state index in [1.54, 1.807) is 4.29 Å². The predicted molar refractivity (Wildman–Crippen MR) is 10.6 cm³/mol. The molecule has 0 amide bonds. The quantitative estimate of drug-likeness (QED) is 0.501. The van der Waals surface area contributed by atoms with Crippen molar-refractivity contribution >= 4 is 0 Å². The van der Waals surface area contributed by atoms with Crippen molar-refractivity contribution in [2.24, 2.45) is 0 Å². The Hall–Kier alpha value is 0.190. The summed E-state index contributed by atoms with van der Waals surface area (Å²) in [4.78, 5) is 0. The molecule has 0 aromatic carbocycles. The Morgan fingerprint density at radius 1 is 1.75 bits per heavy atom. The van der Waals surface area contributed by atoms with Gasteiger partial charge in [0.05, 0.1) is 0 Å². The van der Waals surface area contributed by atoms with E-state index in [1.807, 2.05) is 0 Å². The van der Waals surface area contributed by atoms with Crippen molar-refractivity contribution in [3.8, 4) is 4.29 Å². The van der Waals surface area contributed by atoms with Gasteiger partial charge in [-0.05, 0) is 0 Å². The molecular weight excluding hydrogens is 148 g/mol. The van der Waals surface area contributed by atoms with Gasteiger partial charge >= 0.3 is 30.6 Å². The molecule has 0 aromatic rings. The van der Waals surface area contributed by atoms with Crippen LogP contribution in [0.3, 0.4) is 0 Å². The summed E-state index contributed by atoms with van der Waals surface area (Å²) in [5, 5.41) is 7.24. The summed E-state index contributed by atoms with van der Waals surface area (Å²) in [6.07, 6.45) is 0. The van der Waals surface area contributed by atoms with E-state index in [4.69, 9.17) is 5.26 Å². The molecule has 0 aromatic heterocycles. The van der Waals surface area contributed by atoms with Gasteiger partial charge in [0.25, 0.3) is 0 Å². The number of hydrogen-bond donors (Lipinski definition) is 1. The molecule has 3 heteroatoms. The van der Waals surface area contributed by atoms with E-state index < -0.39 is 0 Å². The van der Waals surface area contributed by atoms with Crippen LogP contribution in [0.1, 0.15) is 0 Å². The van der Waals surface area contributed by atoms with Gasteiger partial charge in [-0.2, -0.15) is 0 Å². The van der Waals surface area contributed by atoms with Gasteiger partial charge in [0, 0.05) is 0 Å². The van der Waals surface area contributed by atoms with Crippen LogP contribution in [0.15, 0.2) is 0 Å². The summed E-state index contributed by atoms with van der Waals surface area (Å²) in [6.45, 7) is 0. The van der Waals surface area contributed by atoms with Crippen LogP contribution in [0.5, 0.6) is 0 Å². The van der Waals surface area contributed by atoms with Crippen molar-refractivity contribution in [2.45, 2.75) is 0 Å². The second-order valence-corrected chi connectivity index (χ2v) is 0.399. The number of nitriles is 1. The third-order valence-corrected chi connectivity index (χ3v) is 0. The third kappa shape index (κ3) is 85.7. The molecule has 0 aliphatic heterocycles. The molecule has 28 valence electrons. The van der Waals surface area contributed by atoms with Gasteiger partial charge < -0.3 is 6.15 Å². The van der Waals surface area contributed by atoms with E-state index in [9.17, 15) is 0 Å². The Balaban J connectivity index is 0. The molecule has 0 saturated heterocycles. The van der Waals surface area contributed by atoms with Crippen molar-refractivity contribution in [3.63, 3.8) is 0 Å². The molecule has 0 aliphatic rings. The average molecular weight is 151 g/mol. The van der Waals surface area contributed by atoms with Gasteiger partial charge in [-0.25, -0.2) is 0 Å². The van der Waals surface area contributed by atoms with E-state index in [1.165, 1.54) is 0 Å². The summed E-state index contributed by atoms with van der Waals surface area (Å²) in [7, 11) is 0. The molecule has 0 heterocycles. The first-order chi connectivity index (χ1) is 1.41. The van der Waals surface area contributed by atoms with Crippen LogP contribution in [0.2, 0.25) is 0 Å². The van der Waals surface area contributed by atoms with Crippen molar-refractivity contribution in [3.05, 3.63) is 0 Å². The SMILES string of the molecule is N.N#[C][Ag]. The van der Waals surface area contributed by atoms with Gasteiger partial charge in [-0.1, -0.05) is 0 Å². The Morgan fingerprint density at radius 2 is 1.75 bits per heavy atom.